The summed E-state index contributed by atoms with van der Waals surface area (Å²) in [6.07, 6.45) is 3.22. The molecule has 1 aromatic heterocycles. The molecule has 1 N–H and O–H groups in total. The van der Waals surface area contributed by atoms with Crippen LogP contribution >= 0.6 is 0 Å². The summed E-state index contributed by atoms with van der Waals surface area (Å²) < 4.78 is 5.02. The summed E-state index contributed by atoms with van der Waals surface area (Å²) in [5, 5.41) is 8.84. The molecule has 1 aliphatic carbocycles. The van der Waals surface area contributed by atoms with Gasteiger partial charge < -0.3 is 14.7 Å². The van der Waals surface area contributed by atoms with Crippen molar-refractivity contribution in [2.24, 2.45) is 0 Å². The molecule has 1 aromatic rings. The standard InChI is InChI=1S/C12H14N2O4/c1-18-11-9(3-2-6-13-11)12(17)14(7-10(15)16)8-4-5-8/h2-3,6,8H,4-5,7H2,1H3,(H,15,16). The van der Waals surface area contributed by atoms with Gasteiger partial charge in [-0.2, -0.15) is 0 Å². The molecule has 96 valence electrons. The molecule has 1 aliphatic rings. The number of carbonyl (C=O) groups is 2. The van der Waals surface area contributed by atoms with E-state index in [-0.39, 0.29) is 24.4 Å². The molecular formula is C12H14N2O4. The summed E-state index contributed by atoms with van der Waals surface area (Å²) in [6.45, 7) is -0.290. The third-order valence-electron chi connectivity index (χ3n) is 2.75. The van der Waals surface area contributed by atoms with Crippen LogP contribution in [0, 0.1) is 0 Å². The summed E-state index contributed by atoms with van der Waals surface area (Å²) in [4.78, 5) is 28.4. The smallest absolute Gasteiger partial charge is 0.323 e. The van der Waals surface area contributed by atoms with Gasteiger partial charge in [0.2, 0.25) is 5.88 Å². The van der Waals surface area contributed by atoms with Crippen LogP contribution < -0.4 is 4.74 Å². The van der Waals surface area contributed by atoms with Crippen LogP contribution in [0.1, 0.15) is 23.2 Å². The first kappa shape index (κ1) is 12.3. The highest BCUT2D eigenvalue weighted by Crippen LogP contribution is 2.29. The minimum atomic E-state index is -1.02. The Hall–Kier alpha value is -2.11. The summed E-state index contributed by atoms with van der Waals surface area (Å²) in [5.41, 5.74) is 0.299. The predicted octanol–water partition coefficient (Wildman–Crippen LogP) is 0.779. The van der Waals surface area contributed by atoms with Crippen LogP contribution in [0.25, 0.3) is 0 Å². The molecular weight excluding hydrogens is 236 g/mol. The van der Waals surface area contributed by atoms with E-state index >= 15 is 0 Å². The second kappa shape index (κ2) is 5.03. The Bertz CT molecular complexity index is 471. The number of amides is 1. The van der Waals surface area contributed by atoms with Gasteiger partial charge in [0, 0.05) is 12.2 Å². The number of hydrogen-bond acceptors (Lipinski definition) is 4. The largest absolute Gasteiger partial charge is 0.480 e. The van der Waals surface area contributed by atoms with E-state index in [2.05, 4.69) is 4.98 Å². The molecule has 0 aliphatic heterocycles. The summed E-state index contributed by atoms with van der Waals surface area (Å²) in [6, 6.07) is 3.24. The van der Waals surface area contributed by atoms with Gasteiger partial charge in [0.05, 0.1) is 7.11 Å². The lowest BCUT2D eigenvalue weighted by molar-refractivity contribution is -0.137. The number of pyridine rings is 1. The van der Waals surface area contributed by atoms with E-state index < -0.39 is 5.97 Å². The maximum Gasteiger partial charge on any atom is 0.323 e. The Morgan fingerprint density at radius 2 is 2.28 bits per heavy atom. The molecule has 0 spiro atoms. The van der Waals surface area contributed by atoms with Crippen molar-refractivity contribution in [3.05, 3.63) is 23.9 Å². The second-order valence-corrected chi connectivity index (χ2v) is 4.12. The van der Waals surface area contributed by atoms with Crippen molar-refractivity contribution in [1.29, 1.82) is 0 Å². The minimum Gasteiger partial charge on any atom is -0.480 e. The van der Waals surface area contributed by atoms with Crippen LogP contribution in [0.2, 0.25) is 0 Å². The van der Waals surface area contributed by atoms with Crippen molar-refractivity contribution in [1.82, 2.24) is 9.88 Å². The zero-order valence-electron chi connectivity index (χ0n) is 10.00. The van der Waals surface area contributed by atoms with E-state index in [1.165, 1.54) is 18.2 Å². The van der Waals surface area contributed by atoms with E-state index in [0.717, 1.165) is 12.8 Å². The number of aliphatic carboxylic acids is 1. The fourth-order valence-corrected chi connectivity index (χ4v) is 1.77. The maximum absolute atomic E-state index is 12.3. The lowest BCUT2D eigenvalue weighted by Gasteiger charge is -2.20. The van der Waals surface area contributed by atoms with Crippen molar-refractivity contribution in [3.63, 3.8) is 0 Å². The van der Waals surface area contributed by atoms with Crippen molar-refractivity contribution in [3.8, 4) is 5.88 Å². The third kappa shape index (κ3) is 2.58. The van der Waals surface area contributed by atoms with Gasteiger partial charge in [0.1, 0.15) is 12.1 Å². The van der Waals surface area contributed by atoms with E-state index in [1.54, 1.807) is 12.1 Å². The molecule has 0 saturated heterocycles. The monoisotopic (exact) mass is 250 g/mol. The Labute approximate surface area is 104 Å². The molecule has 0 aromatic carbocycles. The number of hydrogen-bond donors (Lipinski definition) is 1. The molecule has 0 radical (unpaired) electrons. The van der Waals surface area contributed by atoms with Gasteiger partial charge in [-0.1, -0.05) is 0 Å². The van der Waals surface area contributed by atoms with Crippen molar-refractivity contribution >= 4 is 11.9 Å². The highest BCUT2D eigenvalue weighted by Gasteiger charge is 2.35. The molecule has 0 bridgehead atoms. The highest BCUT2D eigenvalue weighted by molar-refractivity contribution is 5.98. The number of methoxy groups -OCH3 is 1. The second-order valence-electron chi connectivity index (χ2n) is 4.12. The molecule has 6 heteroatoms. The molecule has 1 amide bonds. The highest BCUT2D eigenvalue weighted by atomic mass is 16.5. The zero-order chi connectivity index (χ0) is 13.1. The molecule has 18 heavy (non-hydrogen) atoms. The maximum atomic E-state index is 12.3. The van der Waals surface area contributed by atoms with Gasteiger partial charge in [0.25, 0.3) is 5.91 Å². The quantitative estimate of drug-likeness (QED) is 0.835. The van der Waals surface area contributed by atoms with E-state index in [0.29, 0.717) is 5.56 Å². The first-order valence-corrected chi connectivity index (χ1v) is 5.65. The fourth-order valence-electron chi connectivity index (χ4n) is 1.77. The number of aromatic nitrogens is 1. The average molecular weight is 250 g/mol. The van der Waals surface area contributed by atoms with Crippen LogP contribution in [-0.4, -0.2) is 46.6 Å². The summed E-state index contributed by atoms with van der Waals surface area (Å²) in [7, 11) is 1.43. The van der Waals surface area contributed by atoms with Gasteiger partial charge in [-0.3, -0.25) is 9.59 Å². The van der Waals surface area contributed by atoms with E-state index in [1.807, 2.05) is 0 Å². The molecule has 1 heterocycles. The number of carboxylic acids is 1. The first-order valence-electron chi connectivity index (χ1n) is 5.65. The van der Waals surface area contributed by atoms with Crippen molar-refractivity contribution < 1.29 is 19.4 Å². The Balaban J connectivity index is 2.24. The van der Waals surface area contributed by atoms with E-state index in [9.17, 15) is 9.59 Å². The van der Waals surface area contributed by atoms with Crippen LogP contribution in [0.4, 0.5) is 0 Å². The molecule has 1 saturated carbocycles. The first-order chi connectivity index (χ1) is 8.63. The van der Waals surface area contributed by atoms with Gasteiger partial charge in [-0.05, 0) is 25.0 Å². The van der Waals surface area contributed by atoms with Gasteiger partial charge >= 0.3 is 5.97 Å². The zero-order valence-corrected chi connectivity index (χ0v) is 10.00. The average Bonchev–Trinajstić information content (AvgIpc) is 3.19. The number of carboxylic acid groups (broad SMARTS) is 1. The fraction of sp³-hybridized carbons (Fsp3) is 0.417. The minimum absolute atomic E-state index is 0.0264. The lowest BCUT2D eigenvalue weighted by atomic mass is 10.2. The third-order valence-corrected chi connectivity index (χ3v) is 2.75. The number of rotatable bonds is 5. The number of nitrogens with zero attached hydrogens (tertiary/aromatic N) is 2. The van der Waals surface area contributed by atoms with Crippen LogP contribution in [0.3, 0.4) is 0 Å². The van der Waals surface area contributed by atoms with Crippen LogP contribution in [0.5, 0.6) is 5.88 Å². The van der Waals surface area contributed by atoms with Gasteiger partial charge in [-0.15, -0.1) is 0 Å². The van der Waals surface area contributed by atoms with Crippen LogP contribution in [-0.2, 0) is 4.79 Å². The Morgan fingerprint density at radius 1 is 1.56 bits per heavy atom. The van der Waals surface area contributed by atoms with Crippen LogP contribution in [0.15, 0.2) is 18.3 Å². The summed E-state index contributed by atoms with van der Waals surface area (Å²) >= 11 is 0. The van der Waals surface area contributed by atoms with Crippen molar-refractivity contribution in [2.75, 3.05) is 13.7 Å². The normalized spacial score (nSPS) is 14.1. The molecule has 1 fully saturated rings. The number of carbonyl (C=O) groups excluding carboxylic acids is 1. The Morgan fingerprint density at radius 3 is 2.83 bits per heavy atom. The lowest BCUT2D eigenvalue weighted by Crippen LogP contribution is -2.37. The van der Waals surface area contributed by atoms with Crippen molar-refractivity contribution in [2.45, 2.75) is 18.9 Å². The topological polar surface area (TPSA) is 79.7 Å². The molecule has 6 nitrogen and oxygen atoms in total. The molecule has 2 rings (SSSR count). The van der Waals surface area contributed by atoms with E-state index in [4.69, 9.17) is 9.84 Å². The number of ether oxygens (including phenoxy) is 1. The SMILES string of the molecule is COc1ncccc1C(=O)N(CC(=O)O)C1CC1. The molecule has 0 atom stereocenters. The van der Waals surface area contributed by atoms with Gasteiger partial charge in [-0.25, -0.2) is 4.98 Å². The Kier molecular flexibility index (Phi) is 3.45. The predicted molar refractivity (Wildman–Crippen MR) is 62.5 cm³/mol. The van der Waals surface area contributed by atoms with Gasteiger partial charge in [0.15, 0.2) is 0 Å². The molecule has 0 unspecified atom stereocenters. The summed E-state index contributed by atoms with van der Waals surface area (Å²) in [5.74, 6) is -1.14.